The maximum atomic E-state index is 13.9. The average molecular weight is 472 g/mol. The molecule has 4 atom stereocenters. The molecule has 3 rings (SSSR count). The molecule has 4 nitrogen and oxygen atoms in total. The van der Waals surface area contributed by atoms with Crippen LogP contribution in [0.25, 0.3) is 0 Å². The van der Waals surface area contributed by atoms with Crippen molar-refractivity contribution in [3.8, 4) is 0 Å². The van der Waals surface area contributed by atoms with E-state index in [9.17, 15) is 13.5 Å². The summed E-state index contributed by atoms with van der Waals surface area (Å²) < 4.78 is 27.9. The van der Waals surface area contributed by atoms with Gasteiger partial charge in [-0.2, -0.15) is 0 Å². The quantitative estimate of drug-likeness (QED) is 0.365. The van der Waals surface area contributed by atoms with E-state index in [0.717, 1.165) is 42.6 Å². The van der Waals surface area contributed by atoms with Crippen molar-refractivity contribution < 1.29 is 13.5 Å². The van der Waals surface area contributed by atoms with Gasteiger partial charge < -0.3 is 10.4 Å². The maximum absolute atomic E-state index is 13.9. The summed E-state index contributed by atoms with van der Waals surface area (Å²) in [5.41, 5.74) is 2.62. The Morgan fingerprint density at radius 1 is 0.909 bits per heavy atom. The number of fused-ring (bicyclic) bond motifs is 1. The standard InChI is InChI=1S/C28H41NO3S/c1-4-7-9-13-19-29-22-17-18-26-24(20-22)27(21-14-11-10-12-15-21)28(30)23(6-3)25(16-8-5-2)33(26,31)32/h10-12,14-15,17-18,20,23,25,27-30H,4-9,13,16,19H2,1-3H3. The molecule has 0 aromatic heterocycles. The van der Waals surface area contributed by atoms with Gasteiger partial charge in [0.25, 0.3) is 0 Å². The largest absolute Gasteiger partial charge is 0.392 e. The zero-order valence-corrected chi connectivity index (χ0v) is 21.3. The molecule has 1 heterocycles. The summed E-state index contributed by atoms with van der Waals surface area (Å²) in [5, 5.41) is 14.6. The highest BCUT2D eigenvalue weighted by molar-refractivity contribution is 7.92. The van der Waals surface area contributed by atoms with Crippen LogP contribution in [-0.4, -0.2) is 31.4 Å². The number of aliphatic hydroxyl groups is 1. The monoisotopic (exact) mass is 471 g/mol. The van der Waals surface area contributed by atoms with E-state index >= 15 is 0 Å². The molecule has 182 valence electrons. The molecule has 0 saturated heterocycles. The van der Waals surface area contributed by atoms with E-state index < -0.39 is 21.2 Å². The van der Waals surface area contributed by atoms with Crippen molar-refractivity contribution >= 4 is 15.5 Å². The van der Waals surface area contributed by atoms with Crippen LogP contribution >= 0.6 is 0 Å². The summed E-state index contributed by atoms with van der Waals surface area (Å²) in [6, 6.07) is 15.6. The number of anilines is 1. The molecular formula is C28H41NO3S. The van der Waals surface area contributed by atoms with E-state index in [1.807, 2.05) is 49.4 Å². The Morgan fingerprint density at radius 2 is 1.64 bits per heavy atom. The van der Waals surface area contributed by atoms with Crippen molar-refractivity contribution in [1.29, 1.82) is 0 Å². The van der Waals surface area contributed by atoms with Gasteiger partial charge in [-0.05, 0) is 48.6 Å². The van der Waals surface area contributed by atoms with Crippen LogP contribution in [0.1, 0.15) is 89.2 Å². The molecule has 0 bridgehead atoms. The van der Waals surface area contributed by atoms with Crippen LogP contribution in [0.5, 0.6) is 0 Å². The number of hydrogen-bond acceptors (Lipinski definition) is 4. The second-order valence-electron chi connectivity index (χ2n) is 9.42. The molecule has 0 radical (unpaired) electrons. The summed E-state index contributed by atoms with van der Waals surface area (Å²) >= 11 is 0. The van der Waals surface area contributed by atoms with Crippen LogP contribution < -0.4 is 5.32 Å². The topological polar surface area (TPSA) is 66.4 Å². The number of nitrogens with one attached hydrogen (secondary N) is 1. The first-order valence-corrected chi connectivity index (χ1v) is 14.3. The van der Waals surface area contributed by atoms with Gasteiger partial charge in [-0.1, -0.05) is 83.2 Å². The number of benzene rings is 2. The SMILES string of the molecule is CCCCCCNc1ccc2c(c1)C(c1ccccc1)C(O)C(CC)C(CCCC)S2(=O)=O. The van der Waals surface area contributed by atoms with E-state index in [2.05, 4.69) is 19.2 Å². The zero-order chi connectivity index (χ0) is 23.8. The van der Waals surface area contributed by atoms with Gasteiger partial charge in [0.15, 0.2) is 9.84 Å². The van der Waals surface area contributed by atoms with Gasteiger partial charge in [0.2, 0.25) is 0 Å². The molecule has 0 saturated carbocycles. The molecular weight excluding hydrogens is 430 g/mol. The lowest BCUT2D eigenvalue weighted by atomic mass is 9.78. The van der Waals surface area contributed by atoms with Crippen molar-refractivity contribution in [3.05, 3.63) is 59.7 Å². The number of hydrogen-bond donors (Lipinski definition) is 2. The van der Waals surface area contributed by atoms with Gasteiger partial charge in [-0.25, -0.2) is 8.42 Å². The minimum atomic E-state index is -3.56. The fraction of sp³-hybridized carbons (Fsp3) is 0.571. The van der Waals surface area contributed by atoms with Crippen LogP contribution in [0.2, 0.25) is 0 Å². The van der Waals surface area contributed by atoms with Crippen molar-refractivity contribution in [1.82, 2.24) is 0 Å². The minimum Gasteiger partial charge on any atom is -0.392 e. The Bertz CT molecular complexity index is 974. The van der Waals surface area contributed by atoms with E-state index in [-0.39, 0.29) is 11.8 Å². The molecule has 0 amide bonds. The van der Waals surface area contributed by atoms with Gasteiger partial charge in [-0.15, -0.1) is 0 Å². The highest BCUT2D eigenvalue weighted by Gasteiger charge is 2.46. The number of unbranched alkanes of at least 4 members (excludes halogenated alkanes) is 4. The predicted molar refractivity (Wildman–Crippen MR) is 138 cm³/mol. The van der Waals surface area contributed by atoms with Crippen molar-refractivity contribution in [2.24, 2.45) is 5.92 Å². The fourth-order valence-corrected chi connectivity index (χ4v) is 7.69. The lowest BCUT2D eigenvalue weighted by Crippen LogP contribution is -2.37. The second kappa shape index (κ2) is 12.0. The molecule has 2 N–H and O–H groups in total. The Hall–Kier alpha value is -1.85. The molecule has 0 spiro atoms. The summed E-state index contributed by atoms with van der Waals surface area (Å²) in [6.07, 6.45) is 6.95. The Labute approximate surface area is 200 Å². The fourth-order valence-electron chi connectivity index (χ4n) is 5.31. The molecule has 1 aliphatic rings. The zero-order valence-electron chi connectivity index (χ0n) is 20.5. The van der Waals surface area contributed by atoms with Crippen molar-refractivity contribution in [2.75, 3.05) is 11.9 Å². The third-order valence-electron chi connectivity index (χ3n) is 7.14. The van der Waals surface area contributed by atoms with Crippen LogP contribution in [0.15, 0.2) is 53.4 Å². The minimum absolute atomic E-state index is 0.301. The molecule has 1 aliphatic heterocycles. The molecule has 33 heavy (non-hydrogen) atoms. The highest BCUT2D eigenvalue weighted by Crippen LogP contribution is 2.45. The Morgan fingerprint density at radius 3 is 2.30 bits per heavy atom. The molecule has 5 heteroatoms. The first-order chi connectivity index (χ1) is 16.0. The van der Waals surface area contributed by atoms with E-state index in [1.165, 1.54) is 19.3 Å². The first kappa shape index (κ1) is 25.8. The van der Waals surface area contributed by atoms with Gasteiger partial charge in [0.1, 0.15) is 0 Å². The Balaban J connectivity index is 2.08. The maximum Gasteiger partial charge on any atom is 0.181 e. The molecule has 0 aliphatic carbocycles. The third kappa shape index (κ3) is 5.81. The number of rotatable bonds is 11. The molecule has 2 aromatic carbocycles. The summed E-state index contributed by atoms with van der Waals surface area (Å²) in [6.45, 7) is 7.15. The molecule has 2 aromatic rings. The van der Waals surface area contributed by atoms with Gasteiger partial charge in [-0.3, -0.25) is 0 Å². The van der Waals surface area contributed by atoms with Gasteiger partial charge in [0, 0.05) is 24.1 Å². The average Bonchev–Trinajstić information content (AvgIpc) is 2.88. The Kier molecular flexibility index (Phi) is 9.39. The molecule has 4 unspecified atom stereocenters. The summed E-state index contributed by atoms with van der Waals surface area (Å²) in [4.78, 5) is 0.393. The van der Waals surface area contributed by atoms with Crippen molar-refractivity contribution in [3.63, 3.8) is 0 Å². The highest BCUT2D eigenvalue weighted by atomic mass is 32.2. The van der Waals surface area contributed by atoms with Gasteiger partial charge >= 0.3 is 0 Å². The van der Waals surface area contributed by atoms with E-state index in [4.69, 9.17) is 0 Å². The molecule has 0 fully saturated rings. The normalized spacial score (nSPS) is 24.1. The second-order valence-corrected chi connectivity index (χ2v) is 11.6. The first-order valence-electron chi connectivity index (χ1n) is 12.8. The van der Waals surface area contributed by atoms with E-state index in [1.54, 1.807) is 6.07 Å². The third-order valence-corrected chi connectivity index (χ3v) is 9.51. The van der Waals surface area contributed by atoms with Crippen LogP contribution in [0.3, 0.4) is 0 Å². The van der Waals surface area contributed by atoms with Gasteiger partial charge in [0.05, 0.1) is 16.2 Å². The van der Waals surface area contributed by atoms with Crippen LogP contribution in [-0.2, 0) is 9.84 Å². The van der Waals surface area contributed by atoms with E-state index in [0.29, 0.717) is 17.7 Å². The predicted octanol–water partition coefficient (Wildman–Crippen LogP) is 6.54. The lowest BCUT2D eigenvalue weighted by Gasteiger charge is -2.31. The van der Waals surface area contributed by atoms with Crippen LogP contribution in [0, 0.1) is 5.92 Å². The smallest absolute Gasteiger partial charge is 0.181 e. The summed E-state index contributed by atoms with van der Waals surface area (Å²) in [7, 11) is -3.56. The number of aliphatic hydroxyl groups excluding tert-OH is 1. The lowest BCUT2D eigenvalue weighted by molar-refractivity contribution is 0.0861. The summed E-state index contributed by atoms with van der Waals surface area (Å²) in [5.74, 6) is -0.668. The van der Waals surface area contributed by atoms with Crippen molar-refractivity contribution in [2.45, 2.75) is 94.3 Å². The number of sulfone groups is 1. The van der Waals surface area contributed by atoms with Crippen LogP contribution in [0.4, 0.5) is 5.69 Å².